The fraction of sp³-hybridized carbons (Fsp3) is 0.318. The third-order valence-electron chi connectivity index (χ3n) is 5.30. The van der Waals surface area contributed by atoms with Gasteiger partial charge >= 0.3 is 5.97 Å². The molecular formula is C22H21N3O8. The molecule has 172 valence electrons. The van der Waals surface area contributed by atoms with Crippen molar-refractivity contribution in [2.45, 2.75) is 19.4 Å². The van der Waals surface area contributed by atoms with Crippen LogP contribution in [-0.4, -0.2) is 48.6 Å². The van der Waals surface area contributed by atoms with E-state index in [-0.39, 0.29) is 24.6 Å². The molecule has 1 fully saturated rings. The number of nitrogens with zero attached hydrogens (tertiary/aromatic N) is 2. The van der Waals surface area contributed by atoms with E-state index in [2.05, 4.69) is 5.32 Å². The summed E-state index contributed by atoms with van der Waals surface area (Å²) < 4.78 is 16.3. The molecule has 0 aromatic heterocycles. The number of ether oxygens (including phenoxy) is 3. The quantitative estimate of drug-likeness (QED) is 0.398. The highest BCUT2D eigenvalue weighted by Crippen LogP contribution is 2.36. The number of amides is 2. The highest BCUT2D eigenvalue weighted by molar-refractivity contribution is 6.00. The van der Waals surface area contributed by atoms with Crippen molar-refractivity contribution in [1.29, 1.82) is 0 Å². The molecule has 0 saturated carbocycles. The Kier molecular flexibility index (Phi) is 6.11. The molecule has 2 atom stereocenters. The van der Waals surface area contributed by atoms with Crippen LogP contribution in [0.15, 0.2) is 42.5 Å². The van der Waals surface area contributed by atoms with Gasteiger partial charge in [0.1, 0.15) is 13.2 Å². The molecule has 2 aromatic carbocycles. The number of esters is 1. The van der Waals surface area contributed by atoms with Gasteiger partial charge in [0, 0.05) is 42.5 Å². The van der Waals surface area contributed by atoms with Gasteiger partial charge in [-0.1, -0.05) is 0 Å². The van der Waals surface area contributed by atoms with E-state index in [1.165, 1.54) is 36.1 Å². The van der Waals surface area contributed by atoms with Crippen LogP contribution in [0, 0.1) is 16.0 Å². The number of anilines is 2. The maximum atomic E-state index is 12.6. The van der Waals surface area contributed by atoms with Gasteiger partial charge in [-0.2, -0.15) is 0 Å². The topological polar surface area (TPSA) is 137 Å². The van der Waals surface area contributed by atoms with Crippen molar-refractivity contribution in [3.8, 4) is 11.5 Å². The third kappa shape index (κ3) is 4.86. The van der Waals surface area contributed by atoms with E-state index < -0.39 is 28.8 Å². The fourth-order valence-electron chi connectivity index (χ4n) is 3.55. The lowest BCUT2D eigenvalue weighted by molar-refractivity contribution is -0.384. The molecule has 2 aromatic rings. The van der Waals surface area contributed by atoms with Gasteiger partial charge in [-0.25, -0.2) is 0 Å². The summed E-state index contributed by atoms with van der Waals surface area (Å²) in [4.78, 5) is 49.1. The smallest absolute Gasteiger partial charge is 0.312 e. The summed E-state index contributed by atoms with van der Waals surface area (Å²) in [7, 11) is 0. The number of hydrogen-bond acceptors (Lipinski definition) is 8. The van der Waals surface area contributed by atoms with Crippen LogP contribution in [0.4, 0.5) is 17.1 Å². The minimum Gasteiger partial charge on any atom is -0.486 e. The molecule has 0 radical (unpaired) electrons. The molecule has 11 heteroatoms. The molecular weight excluding hydrogens is 434 g/mol. The van der Waals surface area contributed by atoms with Gasteiger partial charge in [0.2, 0.25) is 5.91 Å². The van der Waals surface area contributed by atoms with E-state index in [4.69, 9.17) is 14.2 Å². The van der Waals surface area contributed by atoms with Crippen LogP contribution in [0.2, 0.25) is 0 Å². The molecule has 0 aliphatic carbocycles. The molecule has 11 nitrogen and oxygen atoms in total. The van der Waals surface area contributed by atoms with Gasteiger partial charge in [-0.3, -0.25) is 24.5 Å². The molecule has 2 aliphatic rings. The molecule has 2 aliphatic heterocycles. The summed E-state index contributed by atoms with van der Waals surface area (Å²) >= 11 is 0. The van der Waals surface area contributed by atoms with E-state index in [9.17, 15) is 24.5 Å². The Labute approximate surface area is 188 Å². The number of hydrogen-bond donors (Lipinski definition) is 1. The molecule has 0 bridgehead atoms. The van der Waals surface area contributed by atoms with E-state index in [1.54, 1.807) is 18.2 Å². The second-order valence-corrected chi connectivity index (χ2v) is 7.61. The Hall–Kier alpha value is -4.15. The third-order valence-corrected chi connectivity index (χ3v) is 5.30. The number of carbonyl (C=O) groups is 3. The normalized spacial score (nSPS) is 17.9. The number of nitro groups is 1. The van der Waals surface area contributed by atoms with Crippen molar-refractivity contribution < 1.29 is 33.5 Å². The van der Waals surface area contributed by atoms with Gasteiger partial charge in [0.25, 0.3) is 11.6 Å². The van der Waals surface area contributed by atoms with Gasteiger partial charge in [-0.15, -0.1) is 0 Å². The molecule has 4 rings (SSSR count). The van der Waals surface area contributed by atoms with Crippen molar-refractivity contribution >= 4 is 34.8 Å². The standard InChI is InChI=1S/C22H21N3O8/c1-13(21(27)23-15-2-4-16(5-3-15)25(29)30)33-22(28)14-10-20(26)24(12-14)17-6-7-18-19(11-17)32-9-8-31-18/h2-7,11,13-14H,8-10,12H2,1H3,(H,23,27)/t13-,14-/m0/s1. The minimum atomic E-state index is -1.12. The zero-order valence-corrected chi connectivity index (χ0v) is 17.7. The second-order valence-electron chi connectivity index (χ2n) is 7.61. The van der Waals surface area contributed by atoms with E-state index in [0.29, 0.717) is 36.1 Å². The van der Waals surface area contributed by atoms with E-state index in [0.717, 1.165) is 0 Å². The molecule has 33 heavy (non-hydrogen) atoms. The Balaban J connectivity index is 1.34. The van der Waals surface area contributed by atoms with Gasteiger partial charge in [0.15, 0.2) is 17.6 Å². The molecule has 2 amide bonds. The fourth-order valence-corrected chi connectivity index (χ4v) is 3.55. The summed E-state index contributed by atoms with van der Waals surface area (Å²) in [6.07, 6.45) is -1.16. The number of benzene rings is 2. The summed E-state index contributed by atoms with van der Waals surface area (Å²) in [5.41, 5.74) is 0.804. The van der Waals surface area contributed by atoms with Crippen LogP contribution in [0.1, 0.15) is 13.3 Å². The lowest BCUT2D eigenvalue weighted by atomic mass is 10.1. The van der Waals surface area contributed by atoms with Crippen LogP contribution in [0.25, 0.3) is 0 Å². The molecule has 1 saturated heterocycles. The van der Waals surface area contributed by atoms with Gasteiger partial charge < -0.3 is 24.4 Å². The number of rotatable bonds is 6. The summed E-state index contributed by atoms with van der Waals surface area (Å²) in [6.45, 7) is 2.40. The molecule has 0 spiro atoms. The Morgan fingerprint density at radius 1 is 1.15 bits per heavy atom. The highest BCUT2D eigenvalue weighted by atomic mass is 16.6. The molecule has 2 heterocycles. The second kappa shape index (κ2) is 9.15. The Bertz CT molecular complexity index is 1100. The summed E-state index contributed by atoms with van der Waals surface area (Å²) in [5, 5.41) is 13.2. The highest BCUT2D eigenvalue weighted by Gasteiger charge is 2.37. The van der Waals surface area contributed by atoms with E-state index >= 15 is 0 Å². The summed E-state index contributed by atoms with van der Waals surface area (Å²) in [5.74, 6) is -1.08. The number of nitro benzene ring substituents is 1. The zero-order valence-electron chi connectivity index (χ0n) is 17.7. The molecule has 0 unspecified atom stereocenters. The van der Waals surface area contributed by atoms with Crippen molar-refractivity contribution in [1.82, 2.24) is 0 Å². The average Bonchev–Trinajstić information content (AvgIpc) is 3.20. The number of nitrogens with one attached hydrogen (secondary N) is 1. The predicted octanol–water partition coefficient (Wildman–Crippen LogP) is 2.29. The zero-order chi connectivity index (χ0) is 23.5. The van der Waals surface area contributed by atoms with Crippen molar-refractivity contribution in [3.63, 3.8) is 0 Å². The van der Waals surface area contributed by atoms with Crippen LogP contribution < -0.4 is 19.7 Å². The van der Waals surface area contributed by atoms with Gasteiger partial charge in [0.05, 0.1) is 10.8 Å². The molecule has 1 N–H and O–H groups in total. The first-order chi connectivity index (χ1) is 15.8. The van der Waals surface area contributed by atoms with Crippen molar-refractivity contribution in [3.05, 3.63) is 52.6 Å². The monoisotopic (exact) mass is 455 g/mol. The Morgan fingerprint density at radius 3 is 2.55 bits per heavy atom. The SMILES string of the molecule is C[C@H](OC(=O)[C@H]1CC(=O)N(c2ccc3c(c2)OCCO3)C1)C(=O)Nc1ccc([N+](=O)[O-])cc1. The minimum absolute atomic E-state index is 0.0377. The number of carbonyl (C=O) groups excluding carboxylic acids is 3. The lowest BCUT2D eigenvalue weighted by Crippen LogP contribution is -2.33. The Morgan fingerprint density at radius 2 is 1.85 bits per heavy atom. The average molecular weight is 455 g/mol. The van der Waals surface area contributed by atoms with Crippen LogP contribution >= 0.6 is 0 Å². The van der Waals surface area contributed by atoms with Gasteiger partial charge in [-0.05, 0) is 31.2 Å². The number of fused-ring (bicyclic) bond motifs is 1. The van der Waals surface area contributed by atoms with Crippen LogP contribution in [0.5, 0.6) is 11.5 Å². The van der Waals surface area contributed by atoms with Crippen molar-refractivity contribution in [2.75, 3.05) is 30.0 Å². The first-order valence-corrected chi connectivity index (χ1v) is 10.3. The largest absolute Gasteiger partial charge is 0.486 e. The maximum Gasteiger partial charge on any atom is 0.312 e. The van der Waals surface area contributed by atoms with Crippen molar-refractivity contribution in [2.24, 2.45) is 5.92 Å². The van der Waals surface area contributed by atoms with E-state index in [1.807, 2.05) is 0 Å². The first-order valence-electron chi connectivity index (χ1n) is 10.3. The lowest BCUT2D eigenvalue weighted by Gasteiger charge is -2.22. The maximum absolute atomic E-state index is 12.6. The number of non-ortho nitro benzene ring substituents is 1. The summed E-state index contributed by atoms with van der Waals surface area (Å²) in [6, 6.07) is 10.4. The van der Waals surface area contributed by atoms with Crippen LogP contribution in [-0.2, 0) is 19.1 Å². The van der Waals surface area contributed by atoms with Crippen LogP contribution in [0.3, 0.4) is 0 Å². The first kappa shape index (κ1) is 22.1. The predicted molar refractivity (Wildman–Crippen MR) is 115 cm³/mol.